The fourth-order valence-electron chi connectivity index (χ4n) is 2.92. The van der Waals surface area contributed by atoms with Gasteiger partial charge in [-0.3, -0.25) is 9.69 Å². The quantitative estimate of drug-likeness (QED) is 0.831. The number of carbonyl (C=O) groups excluding carboxylic acids is 1. The van der Waals surface area contributed by atoms with E-state index in [1.54, 1.807) is 4.90 Å². The molecule has 1 N–H and O–H groups in total. The van der Waals surface area contributed by atoms with Gasteiger partial charge in [0.25, 0.3) is 0 Å². The van der Waals surface area contributed by atoms with Crippen LogP contribution in [0.1, 0.15) is 18.4 Å². The molecule has 1 fully saturated rings. The van der Waals surface area contributed by atoms with Gasteiger partial charge in [0, 0.05) is 25.3 Å². The number of benzene rings is 1. The predicted molar refractivity (Wildman–Crippen MR) is 92.1 cm³/mol. The van der Waals surface area contributed by atoms with Gasteiger partial charge in [-0.2, -0.15) is 13.2 Å². The van der Waals surface area contributed by atoms with Crippen molar-refractivity contribution < 1.29 is 26.4 Å². The lowest BCUT2D eigenvalue weighted by molar-refractivity contribution is -0.137. The molecule has 1 aromatic rings. The molecule has 6 nitrogen and oxygen atoms in total. The highest BCUT2D eigenvalue weighted by Crippen LogP contribution is 2.30. The zero-order valence-corrected chi connectivity index (χ0v) is 15.4. The van der Waals surface area contributed by atoms with Crippen LogP contribution in [0.5, 0.6) is 0 Å². The molecule has 1 atom stereocenters. The summed E-state index contributed by atoms with van der Waals surface area (Å²) in [5, 5.41) is 2.46. The lowest BCUT2D eigenvalue weighted by Gasteiger charge is -2.36. The molecule has 0 radical (unpaired) electrons. The Balaban J connectivity index is 1.95. The summed E-state index contributed by atoms with van der Waals surface area (Å²) in [5.74, 6) is -0.438. The number of likely N-dealkylation sites (N-methyl/N-ethyl adjacent to an activating group) is 1. The fraction of sp³-hybridized carbons (Fsp3) is 0.562. The van der Waals surface area contributed by atoms with E-state index in [0.29, 0.717) is 19.5 Å². The molecule has 0 spiro atoms. The lowest BCUT2D eigenvalue weighted by Crippen LogP contribution is -2.49. The minimum atomic E-state index is -4.48. The number of hydrogen-bond acceptors (Lipinski definition) is 4. The average molecular weight is 393 g/mol. The van der Waals surface area contributed by atoms with Crippen LogP contribution in [0.3, 0.4) is 0 Å². The van der Waals surface area contributed by atoms with Crippen LogP contribution >= 0.6 is 0 Å². The smallest absolute Gasteiger partial charge is 0.325 e. The van der Waals surface area contributed by atoms with E-state index >= 15 is 0 Å². The van der Waals surface area contributed by atoms with Crippen LogP contribution in [-0.4, -0.2) is 62.5 Å². The number of likely N-dealkylation sites (tertiary alicyclic amines) is 1. The van der Waals surface area contributed by atoms with Gasteiger partial charge in [0.15, 0.2) is 0 Å². The second-order valence-corrected chi connectivity index (χ2v) is 8.48. The van der Waals surface area contributed by atoms with Crippen LogP contribution in [0.4, 0.5) is 18.9 Å². The zero-order valence-electron chi connectivity index (χ0n) is 14.6. The van der Waals surface area contributed by atoms with Crippen LogP contribution < -0.4 is 5.32 Å². The average Bonchev–Trinajstić information content (AvgIpc) is 2.53. The van der Waals surface area contributed by atoms with Crippen molar-refractivity contribution in [2.45, 2.75) is 25.1 Å². The summed E-state index contributed by atoms with van der Waals surface area (Å²) in [6, 6.07) is 4.22. The standard InChI is InChI=1S/C16H22F3N3O3S/c1-21(26(2,24)25)14-7-4-8-22(10-14)11-15(23)20-13-6-3-5-12(9-13)16(17,18)19/h3,5-6,9,14H,4,7-8,10-11H2,1-2H3,(H,20,23). The maximum absolute atomic E-state index is 12.7. The van der Waals surface area contributed by atoms with E-state index in [-0.39, 0.29) is 18.3 Å². The van der Waals surface area contributed by atoms with Crippen LogP contribution in [-0.2, 0) is 21.0 Å². The highest BCUT2D eigenvalue weighted by molar-refractivity contribution is 7.88. The van der Waals surface area contributed by atoms with Gasteiger partial charge in [-0.05, 0) is 37.6 Å². The topological polar surface area (TPSA) is 69.7 Å². The number of piperidine rings is 1. The van der Waals surface area contributed by atoms with E-state index in [2.05, 4.69) is 5.32 Å². The first-order chi connectivity index (χ1) is 12.0. The SMILES string of the molecule is CN(C1CCCN(CC(=O)Nc2cccc(C(F)(F)F)c2)C1)S(C)(=O)=O. The number of alkyl halides is 3. The van der Waals surface area contributed by atoms with Gasteiger partial charge in [0.05, 0.1) is 18.4 Å². The van der Waals surface area contributed by atoms with Crippen molar-refractivity contribution in [3.05, 3.63) is 29.8 Å². The summed E-state index contributed by atoms with van der Waals surface area (Å²) >= 11 is 0. The number of halogens is 3. The summed E-state index contributed by atoms with van der Waals surface area (Å²) < 4.78 is 62.7. The van der Waals surface area contributed by atoms with Gasteiger partial charge in [-0.25, -0.2) is 12.7 Å². The second-order valence-electron chi connectivity index (χ2n) is 6.44. The molecule has 146 valence electrons. The normalized spacial score (nSPS) is 19.5. The van der Waals surface area contributed by atoms with Crippen LogP contribution in [0, 0.1) is 0 Å². The third kappa shape index (κ3) is 5.68. The Kier molecular flexibility index (Phi) is 6.30. The Morgan fingerprint density at radius 2 is 2.08 bits per heavy atom. The minimum Gasteiger partial charge on any atom is -0.325 e. The number of amides is 1. The Bertz CT molecular complexity index is 753. The number of sulfonamides is 1. The summed E-state index contributed by atoms with van der Waals surface area (Å²) in [6.45, 7) is 1.02. The molecule has 1 amide bonds. The van der Waals surface area contributed by atoms with Gasteiger partial charge < -0.3 is 5.32 Å². The third-order valence-electron chi connectivity index (χ3n) is 4.36. The number of nitrogens with zero attached hydrogens (tertiary/aromatic N) is 2. The lowest BCUT2D eigenvalue weighted by atomic mass is 10.1. The Labute approximate surface area is 151 Å². The Morgan fingerprint density at radius 3 is 2.69 bits per heavy atom. The molecule has 1 saturated heterocycles. The summed E-state index contributed by atoms with van der Waals surface area (Å²) in [5.41, 5.74) is -0.755. The van der Waals surface area contributed by atoms with Gasteiger partial charge in [0.2, 0.25) is 15.9 Å². The van der Waals surface area contributed by atoms with E-state index < -0.39 is 27.7 Å². The van der Waals surface area contributed by atoms with Gasteiger partial charge >= 0.3 is 6.18 Å². The first-order valence-electron chi connectivity index (χ1n) is 8.09. The Hall–Kier alpha value is -1.65. The van der Waals surface area contributed by atoms with Crippen molar-refractivity contribution in [1.29, 1.82) is 0 Å². The molecule has 0 aliphatic carbocycles. The predicted octanol–water partition coefficient (Wildman–Crippen LogP) is 2.00. The van der Waals surface area contributed by atoms with E-state index in [9.17, 15) is 26.4 Å². The summed E-state index contributed by atoms with van der Waals surface area (Å²) in [4.78, 5) is 14.0. The summed E-state index contributed by atoms with van der Waals surface area (Å²) in [6.07, 6.45) is -1.90. The minimum absolute atomic E-state index is 0.00958. The number of carbonyl (C=O) groups is 1. The molecule has 1 aromatic carbocycles. The first-order valence-corrected chi connectivity index (χ1v) is 9.94. The van der Waals surface area contributed by atoms with Gasteiger partial charge in [0.1, 0.15) is 0 Å². The number of nitrogens with one attached hydrogen (secondary N) is 1. The van der Waals surface area contributed by atoms with E-state index in [0.717, 1.165) is 24.8 Å². The van der Waals surface area contributed by atoms with Crippen molar-refractivity contribution >= 4 is 21.6 Å². The molecular weight excluding hydrogens is 371 g/mol. The number of rotatable bonds is 5. The summed E-state index contributed by atoms with van der Waals surface area (Å²) in [7, 11) is -1.82. The second kappa shape index (κ2) is 7.93. The molecule has 1 aliphatic heterocycles. The largest absolute Gasteiger partial charge is 0.416 e. The number of hydrogen-bond donors (Lipinski definition) is 1. The van der Waals surface area contributed by atoms with Crippen molar-refractivity contribution in [2.75, 3.05) is 38.3 Å². The molecule has 1 heterocycles. The first kappa shape index (κ1) is 20.7. The molecular formula is C16H22F3N3O3S. The maximum atomic E-state index is 12.7. The molecule has 0 aromatic heterocycles. The maximum Gasteiger partial charge on any atom is 0.416 e. The van der Waals surface area contributed by atoms with Crippen LogP contribution in [0.25, 0.3) is 0 Å². The zero-order chi connectivity index (χ0) is 19.5. The van der Waals surface area contributed by atoms with Crippen molar-refractivity contribution in [3.8, 4) is 0 Å². The van der Waals surface area contributed by atoms with Gasteiger partial charge in [-0.1, -0.05) is 6.07 Å². The van der Waals surface area contributed by atoms with Crippen molar-refractivity contribution in [1.82, 2.24) is 9.21 Å². The van der Waals surface area contributed by atoms with Crippen molar-refractivity contribution in [3.63, 3.8) is 0 Å². The molecule has 0 saturated carbocycles. The third-order valence-corrected chi connectivity index (χ3v) is 5.70. The molecule has 1 aliphatic rings. The van der Waals surface area contributed by atoms with E-state index in [1.807, 2.05) is 0 Å². The molecule has 1 unspecified atom stereocenters. The van der Waals surface area contributed by atoms with Crippen LogP contribution in [0.2, 0.25) is 0 Å². The van der Waals surface area contributed by atoms with E-state index in [4.69, 9.17) is 0 Å². The monoisotopic (exact) mass is 393 g/mol. The molecule has 2 rings (SSSR count). The Morgan fingerprint density at radius 1 is 1.38 bits per heavy atom. The number of anilines is 1. The van der Waals surface area contributed by atoms with Crippen molar-refractivity contribution in [2.24, 2.45) is 0 Å². The van der Waals surface area contributed by atoms with Crippen LogP contribution in [0.15, 0.2) is 24.3 Å². The fourth-order valence-corrected chi connectivity index (χ4v) is 3.63. The highest BCUT2D eigenvalue weighted by atomic mass is 32.2. The van der Waals surface area contributed by atoms with E-state index in [1.165, 1.54) is 23.5 Å². The van der Waals surface area contributed by atoms with Gasteiger partial charge in [-0.15, -0.1) is 0 Å². The molecule has 26 heavy (non-hydrogen) atoms. The molecule has 10 heteroatoms. The highest BCUT2D eigenvalue weighted by Gasteiger charge is 2.31. The molecule has 0 bridgehead atoms.